The van der Waals surface area contributed by atoms with Crippen molar-refractivity contribution in [1.82, 2.24) is 9.88 Å². The third-order valence-corrected chi connectivity index (χ3v) is 5.38. The molecule has 0 aliphatic carbocycles. The van der Waals surface area contributed by atoms with Gasteiger partial charge >= 0.3 is 5.97 Å². The molecule has 2 aliphatic heterocycles. The van der Waals surface area contributed by atoms with Gasteiger partial charge in [-0.1, -0.05) is 0 Å². The van der Waals surface area contributed by atoms with Crippen molar-refractivity contribution in [2.24, 2.45) is 0 Å². The Morgan fingerprint density at radius 3 is 3.14 bits per heavy atom. The summed E-state index contributed by atoms with van der Waals surface area (Å²) < 4.78 is 4.68. The maximum atomic E-state index is 11.2. The van der Waals surface area contributed by atoms with E-state index < -0.39 is 0 Å². The molecule has 3 heterocycles. The molecule has 2 aliphatic rings. The molecule has 5 nitrogen and oxygen atoms in total. The number of nitrogens with zero attached hydrogens (tertiary/aromatic N) is 3. The van der Waals surface area contributed by atoms with E-state index in [-0.39, 0.29) is 5.97 Å². The highest BCUT2D eigenvalue weighted by Gasteiger charge is 2.29. The van der Waals surface area contributed by atoms with E-state index in [4.69, 9.17) is 4.98 Å². The summed E-state index contributed by atoms with van der Waals surface area (Å²) in [6.45, 7) is 4.68. The molecule has 0 saturated carbocycles. The van der Waals surface area contributed by atoms with Crippen LogP contribution in [0.1, 0.15) is 31.4 Å². The molecule has 1 aromatic rings. The van der Waals surface area contributed by atoms with E-state index >= 15 is 0 Å². The maximum absolute atomic E-state index is 11.2. The molecule has 1 aromatic heterocycles. The predicted octanol–water partition coefficient (Wildman–Crippen LogP) is 1.92. The van der Waals surface area contributed by atoms with Gasteiger partial charge in [-0.3, -0.25) is 9.69 Å². The van der Waals surface area contributed by atoms with Crippen molar-refractivity contribution in [3.05, 3.63) is 11.1 Å². The number of aryl methyl sites for hydroxylation is 1. The van der Waals surface area contributed by atoms with Crippen molar-refractivity contribution < 1.29 is 9.53 Å². The average molecular weight is 309 g/mol. The highest BCUT2D eigenvalue weighted by Crippen LogP contribution is 2.27. The number of hydrogen-bond acceptors (Lipinski definition) is 6. The summed E-state index contributed by atoms with van der Waals surface area (Å²) in [4.78, 5) is 21.0. The van der Waals surface area contributed by atoms with Gasteiger partial charge in [0.25, 0.3) is 0 Å². The number of methoxy groups -OCH3 is 1. The van der Waals surface area contributed by atoms with Crippen LogP contribution in [0.4, 0.5) is 5.13 Å². The van der Waals surface area contributed by atoms with Crippen LogP contribution >= 0.6 is 11.3 Å². The summed E-state index contributed by atoms with van der Waals surface area (Å²) >= 11 is 1.70. The molecule has 2 saturated heterocycles. The van der Waals surface area contributed by atoms with Gasteiger partial charge in [0.2, 0.25) is 0 Å². The lowest BCUT2D eigenvalue weighted by Crippen LogP contribution is -2.36. The Morgan fingerprint density at radius 1 is 1.43 bits per heavy atom. The molecule has 1 unspecified atom stereocenters. The number of ether oxygens (including phenoxy) is 1. The Morgan fingerprint density at radius 2 is 2.29 bits per heavy atom. The number of fused-ring (bicyclic) bond motifs is 1. The number of anilines is 1. The van der Waals surface area contributed by atoms with Gasteiger partial charge in [-0.05, 0) is 25.8 Å². The second kappa shape index (κ2) is 6.75. The fourth-order valence-electron chi connectivity index (χ4n) is 3.27. The fraction of sp³-hybridized carbons (Fsp3) is 0.733. The van der Waals surface area contributed by atoms with E-state index in [0.29, 0.717) is 18.9 Å². The van der Waals surface area contributed by atoms with Gasteiger partial charge in [0, 0.05) is 37.5 Å². The number of carbonyl (C=O) groups is 1. The zero-order valence-electron chi connectivity index (χ0n) is 12.6. The summed E-state index contributed by atoms with van der Waals surface area (Å²) in [5, 5.41) is 3.19. The molecule has 0 radical (unpaired) electrons. The molecular weight excluding hydrogens is 286 g/mol. The highest BCUT2D eigenvalue weighted by molar-refractivity contribution is 7.13. The monoisotopic (exact) mass is 309 g/mol. The van der Waals surface area contributed by atoms with Gasteiger partial charge in [-0.15, -0.1) is 11.3 Å². The Bertz CT molecular complexity index is 491. The molecule has 0 bridgehead atoms. The number of aromatic nitrogens is 1. The Labute approximate surface area is 129 Å². The molecule has 116 valence electrons. The molecule has 0 spiro atoms. The normalized spacial score (nSPS) is 22.9. The lowest BCUT2D eigenvalue weighted by molar-refractivity contribution is -0.140. The van der Waals surface area contributed by atoms with Crippen molar-refractivity contribution in [3.63, 3.8) is 0 Å². The Balaban J connectivity index is 1.61. The summed E-state index contributed by atoms with van der Waals surface area (Å²) in [5.41, 5.74) is 1.01. The lowest BCUT2D eigenvalue weighted by atomic mass is 10.2. The summed E-state index contributed by atoms with van der Waals surface area (Å²) in [7, 11) is 1.43. The highest BCUT2D eigenvalue weighted by atomic mass is 32.1. The predicted molar refractivity (Wildman–Crippen MR) is 83.9 cm³/mol. The van der Waals surface area contributed by atoms with E-state index in [0.717, 1.165) is 23.9 Å². The van der Waals surface area contributed by atoms with Crippen LogP contribution in [0.5, 0.6) is 0 Å². The van der Waals surface area contributed by atoms with Gasteiger partial charge in [-0.2, -0.15) is 0 Å². The molecule has 0 N–H and O–H groups in total. The van der Waals surface area contributed by atoms with Crippen molar-refractivity contribution >= 4 is 22.4 Å². The molecule has 0 amide bonds. The first kappa shape index (κ1) is 14.8. The minimum absolute atomic E-state index is 0.166. The topological polar surface area (TPSA) is 45.7 Å². The lowest BCUT2D eigenvalue weighted by Gasteiger charge is -2.25. The first-order valence-electron chi connectivity index (χ1n) is 7.76. The van der Waals surface area contributed by atoms with E-state index in [1.807, 2.05) is 0 Å². The van der Waals surface area contributed by atoms with E-state index in [1.54, 1.807) is 11.3 Å². The fourth-order valence-corrected chi connectivity index (χ4v) is 4.17. The van der Waals surface area contributed by atoms with Gasteiger partial charge in [-0.25, -0.2) is 4.98 Å². The van der Waals surface area contributed by atoms with Crippen LogP contribution in [-0.2, 0) is 16.0 Å². The van der Waals surface area contributed by atoms with Crippen molar-refractivity contribution in [2.45, 2.75) is 38.1 Å². The molecular formula is C15H23N3O2S. The van der Waals surface area contributed by atoms with Gasteiger partial charge in [0.05, 0.1) is 19.2 Å². The van der Waals surface area contributed by atoms with Crippen LogP contribution in [0.2, 0.25) is 0 Å². The summed E-state index contributed by atoms with van der Waals surface area (Å²) in [5.74, 6) is -0.166. The van der Waals surface area contributed by atoms with Crippen molar-refractivity contribution in [2.75, 3.05) is 38.2 Å². The maximum Gasteiger partial charge on any atom is 0.305 e. The minimum Gasteiger partial charge on any atom is -0.469 e. The smallest absolute Gasteiger partial charge is 0.305 e. The van der Waals surface area contributed by atoms with Gasteiger partial charge in [0.1, 0.15) is 0 Å². The van der Waals surface area contributed by atoms with E-state index in [2.05, 4.69) is 19.9 Å². The third kappa shape index (κ3) is 3.55. The van der Waals surface area contributed by atoms with Crippen LogP contribution in [-0.4, -0.2) is 55.2 Å². The first-order chi connectivity index (χ1) is 10.3. The molecule has 1 atom stereocenters. The molecule has 2 fully saturated rings. The zero-order chi connectivity index (χ0) is 14.7. The zero-order valence-corrected chi connectivity index (χ0v) is 13.4. The average Bonchev–Trinajstić information content (AvgIpc) is 3.10. The van der Waals surface area contributed by atoms with E-state index in [1.165, 1.54) is 39.5 Å². The van der Waals surface area contributed by atoms with Crippen LogP contribution in [0, 0.1) is 0 Å². The van der Waals surface area contributed by atoms with Crippen LogP contribution in [0.15, 0.2) is 5.38 Å². The minimum atomic E-state index is -0.166. The number of thiazole rings is 1. The third-order valence-electron chi connectivity index (χ3n) is 4.43. The molecule has 21 heavy (non-hydrogen) atoms. The first-order valence-corrected chi connectivity index (χ1v) is 8.64. The second-order valence-corrected chi connectivity index (χ2v) is 6.67. The number of carbonyl (C=O) groups excluding carboxylic acids is 1. The van der Waals surface area contributed by atoms with Crippen LogP contribution in [0.3, 0.4) is 0 Å². The molecule has 6 heteroatoms. The Hall–Kier alpha value is -1.14. The molecule has 3 rings (SSSR count). The van der Waals surface area contributed by atoms with Crippen molar-refractivity contribution in [3.8, 4) is 0 Å². The standard InChI is InChI=1S/C15H23N3O2S/c1-20-14(19)6-5-12-11-21-15(16-12)18-9-3-8-17-7-2-4-13(17)10-18/h11,13H,2-10H2,1H3. The van der Waals surface area contributed by atoms with E-state index in [9.17, 15) is 4.79 Å². The van der Waals surface area contributed by atoms with Crippen molar-refractivity contribution in [1.29, 1.82) is 0 Å². The second-order valence-electron chi connectivity index (χ2n) is 5.83. The van der Waals surface area contributed by atoms with Crippen LogP contribution < -0.4 is 4.90 Å². The largest absolute Gasteiger partial charge is 0.469 e. The summed E-state index contributed by atoms with van der Waals surface area (Å²) in [6, 6.07) is 0.704. The quantitative estimate of drug-likeness (QED) is 0.795. The number of hydrogen-bond donors (Lipinski definition) is 0. The van der Waals surface area contributed by atoms with Gasteiger partial charge in [0.15, 0.2) is 5.13 Å². The Kier molecular flexibility index (Phi) is 4.75. The number of esters is 1. The van der Waals surface area contributed by atoms with Crippen LogP contribution in [0.25, 0.3) is 0 Å². The summed E-state index contributed by atoms with van der Waals surface area (Å²) in [6.07, 6.45) is 4.95. The number of rotatable bonds is 4. The SMILES string of the molecule is COC(=O)CCc1csc(N2CCCN3CCCC3C2)n1. The van der Waals surface area contributed by atoms with Gasteiger partial charge < -0.3 is 9.64 Å². The molecule has 0 aromatic carbocycles.